The number of benzene rings is 3. The Morgan fingerprint density at radius 2 is 1.54 bits per heavy atom. The molecule has 190 valence electrons. The summed E-state index contributed by atoms with van der Waals surface area (Å²) in [6.07, 6.45) is 3.70. The number of hydrogen-bond donors (Lipinski definition) is 1. The van der Waals surface area contributed by atoms with Crippen molar-refractivity contribution in [2.24, 2.45) is 0 Å². The average Bonchev–Trinajstić information content (AvgIpc) is 3.20. The lowest BCUT2D eigenvalue weighted by Gasteiger charge is -2.20. The van der Waals surface area contributed by atoms with Crippen molar-refractivity contribution in [1.29, 1.82) is 0 Å². The summed E-state index contributed by atoms with van der Waals surface area (Å²) in [4.78, 5) is 18.4. The first-order chi connectivity index (χ1) is 17.8. The largest absolute Gasteiger partial charge is 0.321 e. The predicted octanol–water partition coefficient (Wildman–Crippen LogP) is 7.03. The molecule has 37 heavy (non-hydrogen) atoms. The van der Waals surface area contributed by atoms with Gasteiger partial charge < -0.3 is 5.32 Å². The van der Waals surface area contributed by atoms with Crippen molar-refractivity contribution in [3.8, 4) is 11.3 Å². The molecule has 0 unspecified atom stereocenters. The maximum absolute atomic E-state index is 13.6. The van der Waals surface area contributed by atoms with Gasteiger partial charge >= 0.3 is 0 Å². The first kappa shape index (κ1) is 25.7. The van der Waals surface area contributed by atoms with Gasteiger partial charge in [-0.15, -0.1) is 0 Å². The van der Waals surface area contributed by atoms with E-state index < -0.39 is 15.9 Å². The molecular formula is C28H25Cl2N3O3S. The second-order valence-electron chi connectivity index (χ2n) is 8.97. The van der Waals surface area contributed by atoms with Crippen LogP contribution in [0.25, 0.3) is 22.2 Å². The minimum absolute atomic E-state index is 0.102. The van der Waals surface area contributed by atoms with Gasteiger partial charge in [0.05, 0.1) is 32.4 Å². The zero-order valence-electron chi connectivity index (χ0n) is 20.0. The third-order valence-electron chi connectivity index (χ3n) is 6.50. The number of aromatic nitrogens is 1. The van der Waals surface area contributed by atoms with Crippen LogP contribution in [0.15, 0.2) is 77.7 Å². The van der Waals surface area contributed by atoms with E-state index >= 15 is 0 Å². The van der Waals surface area contributed by atoms with E-state index in [-0.39, 0.29) is 15.6 Å². The molecule has 0 aliphatic carbocycles. The average molecular weight is 554 g/mol. The smallest absolute Gasteiger partial charge is 0.256 e. The number of anilines is 1. The first-order valence-corrected chi connectivity index (χ1v) is 14.3. The summed E-state index contributed by atoms with van der Waals surface area (Å²) in [5, 5.41) is 4.24. The van der Waals surface area contributed by atoms with Gasteiger partial charge in [0.25, 0.3) is 5.91 Å². The van der Waals surface area contributed by atoms with Gasteiger partial charge in [0, 0.05) is 29.1 Å². The molecule has 1 amide bonds. The Balaban J connectivity index is 1.52. The molecule has 1 aliphatic rings. The number of para-hydroxylation sites is 1. The quantitative estimate of drug-likeness (QED) is 0.287. The maximum Gasteiger partial charge on any atom is 0.256 e. The summed E-state index contributed by atoms with van der Waals surface area (Å²) in [6.45, 7) is 0.973. The molecule has 1 aliphatic heterocycles. The van der Waals surface area contributed by atoms with E-state index in [2.05, 4.69) is 5.32 Å². The fourth-order valence-electron chi connectivity index (χ4n) is 4.55. The third kappa shape index (κ3) is 5.36. The third-order valence-corrected chi connectivity index (χ3v) is 9.05. The minimum atomic E-state index is -3.71. The summed E-state index contributed by atoms with van der Waals surface area (Å²) in [7, 11) is -3.71. The van der Waals surface area contributed by atoms with Crippen molar-refractivity contribution in [1.82, 2.24) is 9.29 Å². The molecule has 4 aromatic rings. The highest BCUT2D eigenvalue weighted by Crippen LogP contribution is 2.32. The number of hydrogen-bond acceptors (Lipinski definition) is 4. The van der Waals surface area contributed by atoms with E-state index in [1.165, 1.54) is 22.5 Å². The Morgan fingerprint density at radius 3 is 2.30 bits per heavy atom. The molecule has 5 rings (SSSR count). The van der Waals surface area contributed by atoms with Crippen LogP contribution in [0.1, 0.15) is 36.0 Å². The number of nitrogens with one attached hydrogen (secondary N) is 1. The van der Waals surface area contributed by atoms with Crippen molar-refractivity contribution in [2.45, 2.75) is 30.6 Å². The number of sulfonamides is 1. The van der Waals surface area contributed by atoms with Gasteiger partial charge in [0.2, 0.25) is 10.0 Å². The van der Waals surface area contributed by atoms with Gasteiger partial charge in [-0.1, -0.05) is 72.4 Å². The van der Waals surface area contributed by atoms with Crippen LogP contribution in [0.5, 0.6) is 0 Å². The van der Waals surface area contributed by atoms with E-state index in [1.54, 1.807) is 12.1 Å². The van der Waals surface area contributed by atoms with Gasteiger partial charge in [-0.3, -0.25) is 4.79 Å². The fraction of sp³-hybridized carbons (Fsp3) is 0.214. The number of rotatable bonds is 5. The van der Waals surface area contributed by atoms with Gasteiger partial charge in [-0.2, -0.15) is 4.31 Å². The lowest BCUT2D eigenvalue weighted by molar-refractivity contribution is 0.102. The summed E-state index contributed by atoms with van der Waals surface area (Å²) >= 11 is 12.8. The van der Waals surface area contributed by atoms with E-state index in [4.69, 9.17) is 28.2 Å². The Bertz CT molecular complexity index is 1580. The molecule has 1 saturated heterocycles. The topological polar surface area (TPSA) is 79.4 Å². The van der Waals surface area contributed by atoms with Crippen molar-refractivity contribution >= 4 is 55.7 Å². The SMILES string of the molecule is O=C(Nc1cc(S(=O)(=O)N2CCCCCC2)ccc1Cl)c1cc(-c2ccccc2Cl)nc2ccccc12. The molecule has 1 fully saturated rings. The Morgan fingerprint density at radius 1 is 0.838 bits per heavy atom. The van der Waals surface area contributed by atoms with Crippen LogP contribution < -0.4 is 5.32 Å². The number of halogens is 2. The highest BCUT2D eigenvalue weighted by molar-refractivity contribution is 7.89. The number of pyridine rings is 1. The highest BCUT2D eigenvalue weighted by Gasteiger charge is 2.26. The van der Waals surface area contributed by atoms with Crippen molar-refractivity contribution in [3.63, 3.8) is 0 Å². The second-order valence-corrected chi connectivity index (χ2v) is 11.7. The second kappa shape index (κ2) is 10.8. The van der Waals surface area contributed by atoms with Crippen LogP contribution in [-0.4, -0.2) is 36.7 Å². The molecule has 1 N–H and O–H groups in total. The molecule has 3 aromatic carbocycles. The van der Waals surface area contributed by atoms with Crippen LogP contribution >= 0.6 is 23.2 Å². The number of nitrogens with zero attached hydrogens (tertiary/aromatic N) is 2. The van der Waals surface area contributed by atoms with Crippen molar-refractivity contribution in [3.05, 3.63) is 88.4 Å². The van der Waals surface area contributed by atoms with Gasteiger partial charge in [0.15, 0.2) is 0 Å². The molecule has 6 nitrogen and oxygen atoms in total. The zero-order valence-corrected chi connectivity index (χ0v) is 22.3. The van der Waals surface area contributed by atoms with Crippen LogP contribution in [-0.2, 0) is 10.0 Å². The van der Waals surface area contributed by atoms with Crippen molar-refractivity contribution in [2.75, 3.05) is 18.4 Å². The summed E-state index contributed by atoms with van der Waals surface area (Å²) < 4.78 is 28.1. The number of carbonyl (C=O) groups excluding carboxylic acids is 1. The van der Waals surface area contributed by atoms with E-state index in [0.29, 0.717) is 45.8 Å². The number of amides is 1. The molecular weight excluding hydrogens is 529 g/mol. The first-order valence-electron chi connectivity index (χ1n) is 12.1. The van der Waals surface area contributed by atoms with Gasteiger partial charge in [-0.05, 0) is 49.2 Å². The van der Waals surface area contributed by atoms with Gasteiger partial charge in [0.1, 0.15) is 0 Å². The Kier molecular flexibility index (Phi) is 7.49. The standard InChI is InChI=1S/C28H25Cl2N3O3S/c29-23-11-5-3-10-21(23)26-18-22(20-9-4-6-12-25(20)31-26)28(34)32-27-17-19(13-14-24(27)30)37(35,36)33-15-7-1-2-8-16-33/h3-6,9-14,17-18H,1-2,7-8,15-16H2,(H,32,34). The lowest BCUT2D eigenvalue weighted by Crippen LogP contribution is -2.32. The minimum Gasteiger partial charge on any atom is -0.321 e. The summed E-state index contributed by atoms with van der Waals surface area (Å²) in [6, 6.07) is 20.7. The van der Waals surface area contributed by atoms with Crippen LogP contribution in [0, 0.1) is 0 Å². The predicted molar refractivity (Wildman–Crippen MR) is 149 cm³/mol. The van der Waals surface area contributed by atoms with E-state index in [1.807, 2.05) is 42.5 Å². The molecule has 2 heterocycles. The van der Waals surface area contributed by atoms with Crippen LogP contribution in [0.2, 0.25) is 10.0 Å². The molecule has 0 saturated carbocycles. The lowest BCUT2D eigenvalue weighted by atomic mass is 10.0. The monoisotopic (exact) mass is 553 g/mol. The molecule has 0 atom stereocenters. The van der Waals surface area contributed by atoms with Gasteiger partial charge in [-0.25, -0.2) is 13.4 Å². The molecule has 0 spiro atoms. The Hall–Kier alpha value is -2.97. The zero-order chi connectivity index (χ0) is 26.0. The van der Waals surface area contributed by atoms with E-state index in [0.717, 1.165) is 25.7 Å². The summed E-state index contributed by atoms with van der Waals surface area (Å²) in [5.41, 5.74) is 2.49. The summed E-state index contributed by atoms with van der Waals surface area (Å²) in [5.74, 6) is -0.432. The maximum atomic E-state index is 13.6. The molecule has 1 aromatic heterocycles. The van der Waals surface area contributed by atoms with E-state index in [9.17, 15) is 13.2 Å². The van der Waals surface area contributed by atoms with Crippen molar-refractivity contribution < 1.29 is 13.2 Å². The van der Waals surface area contributed by atoms with Crippen LogP contribution in [0.4, 0.5) is 5.69 Å². The van der Waals surface area contributed by atoms with Crippen LogP contribution in [0.3, 0.4) is 0 Å². The fourth-order valence-corrected chi connectivity index (χ4v) is 6.49. The highest BCUT2D eigenvalue weighted by atomic mass is 35.5. The molecule has 0 radical (unpaired) electrons. The molecule has 0 bridgehead atoms. The number of carbonyl (C=O) groups is 1. The molecule has 9 heteroatoms. The number of fused-ring (bicyclic) bond motifs is 1. The normalized spacial score (nSPS) is 14.9. The Labute approximate surface area is 226 Å².